The SMILES string of the molecule is O=C(NCCNc1ncccn1)N1CCCC1c1ccncc1. The Labute approximate surface area is 135 Å². The average molecular weight is 312 g/mol. The summed E-state index contributed by atoms with van der Waals surface area (Å²) in [4.78, 5) is 26.5. The standard InChI is InChI=1S/C16H20N6O/c23-16(21-11-10-20-15-18-6-2-7-19-15)22-12-1-3-14(22)13-4-8-17-9-5-13/h2,4-9,14H,1,3,10-12H2,(H,21,23)(H,18,19,20). The molecule has 3 rings (SSSR count). The maximum absolute atomic E-state index is 12.4. The molecular weight excluding hydrogens is 292 g/mol. The van der Waals surface area contributed by atoms with Gasteiger partial charge in [-0.15, -0.1) is 0 Å². The van der Waals surface area contributed by atoms with Gasteiger partial charge >= 0.3 is 6.03 Å². The van der Waals surface area contributed by atoms with Gasteiger partial charge in [-0.2, -0.15) is 0 Å². The summed E-state index contributed by atoms with van der Waals surface area (Å²) in [6, 6.07) is 5.83. The zero-order chi connectivity index (χ0) is 15.9. The van der Waals surface area contributed by atoms with Crippen LogP contribution in [-0.4, -0.2) is 45.5 Å². The average Bonchev–Trinajstić information content (AvgIpc) is 3.10. The minimum absolute atomic E-state index is 0.0277. The van der Waals surface area contributed by atoms with Crippen LogP contribution in [0.5, 0.6) is 0 Å². The zero-order valence-corrected chi connectivity index (χ0v) is 12.9. The van der Waals surface area contributed by atoms with Crippen molar-refractivity contribution in [2.45, 2.75) is 18.9 Å². The van der Waals surface area contributed by atoms with E-state index in [1.54, 1.807) is 30.9 Å². The van der Waals surface area contributed by atoms with E-state index in [-0.39, 0.29) is 12.1 Å². The van der Waals surface area contributed by atoms with Crippen molar-refractivity contribution in [3.05, 3.63) is 48.5 Å². The summed E-state index contributed by atoms with van der Waals surface area (Å²) in [7, 11) is 0. The van der Waals surface area contributed by atoms with Crippen molar-refractivity contribution in [2.75, 3.05) is 25.0 Å². The molecule has 3 heterocycles. The van der Waals surface area contributed by atoms with E-state index in [1.165, 1.54) is 0 Å². The summed E-state index contributed by atoms with van der Waals surface area (Å²) < 4.78 is 0. The Bertz CT molecular complexity index is 621. The van der Waals surface area contributed by atoms with Crippen LogP contribution in [0, 0.1) is 0 Å². The highest BCUT2D eigenvalue weighted by atomic mass is 16.2. The van der Waals surface area contributed by atoms with Crippen LogP contribution in [0.2, 0.25) is 0 Å². The highest BCUT2D eigenvalue weighted by Crippen LogP contribution is 2.31. The molecule has 0 radical (unpaired) electrons. The Morgan fingerprint density at radius 3 is 2.74 bits per heavy atom. The lowest BCUT2D eigenvalue weighted by molar-refractivity contribution is 0.193. The second kappa shape index (κ2) is 7.53. The third kappa shape index (κ3) is 3.94. The molecule has 0 saturated carbocycles. The summed E-state index contributed by atoms with van der Waals surface area (Å²) in [6.45, 7) is 1.90. The van der Waals surface area contributed by atoms with Gasteiger partial charge in [0.05, 0.1) is 6.04 Å². The minimum atomic E-state index is -0.0277. The summed E-state index contributed by atoms with van der Waals surface area (Å²) >= 11 is 0. The number of pyridine rings is 1. The van der Waals surface area contributed by atoms with Gasteiger partial charge in [-0.25, -0.2) is 14.8 Å². The molecule has 23 heavy (non-hydrogen) atoms. The third-order valence-electron chi connectivity index (χ3n) is 3.85. The van der Waals surface area contributed by atoms with E-state index in [1.807, 2.05) is 17.0 Å². The number of anilines is 1. The van der Waals surface area contributed by atoms with E-state index < -0.39 is 0 Å². The van der Waals surface area contributed by atoms with E-state index in [2.05, 4.69) is 25.6 Å². The minimum Gasteiger partial charge on any atom is -0.352 e. The van der Waals surface area contributed by atoms with Gasteiger partial charge in [0.25, 0.3) is 0 Å². The Morgan fingerprint density at radius 1 is 1.17 bits per heavy atom. The largest absolute Gasteiger partial charge is 0.352 e. The molecule has 1 aliphatic rings. The summed E-state index contributed by atoms with van der Waals surface area (Å²) in [6.07, 6.45) is 8.92. The first kappa shape index (κ1) is 15.2. The predicted molar refractivity (Wildman–Crippen MR) is 86.8 cm³/mol. The topological polar surface area (TPSA) is 83.0 Å². The van der Waals surface area contributed by atoms with Crippen LogP contribution in [0.25, 0.3) is 0 Å². The van der Waals surface area contributed by atoms with Gasteiger partial charge in [-0.1, -0.05) is 0 Å². The summed E-state index contributed by atoms with van der Waals surface area (Å²) in [5.74, 6) is 0.567. The molecule has 7 heteroatoms. The van der Waals surface area contributed by atoms with Gasteiger partial charge in [-0.3, -0.25) is 4.98 Å². The molecule has 1 aliphatic heterocycles. The first-order valence-electron chi connectivity index (χ1n) is 7.80. The van der Waals surface area contributed by atoms with Crippen molar-refractivity contribution >= 4 is 12.0 Å². The lowest BCUT2D eigenvalue weighted by atomic mass is 10.1. The Kier molecular flexibility index (Phi) is 4.98. The number of hydrogen-bond donors (Lipinski definition) is 2. The van der Waals surface area contributed by atoms with E-state index >= 15 is 0 Å². The van der Waals surface area contributed by atoms with Gasteiger partial charge < -0.3 is 15.5 Å². The van der Waals surface area contributed by atoms with Gasteiger partial charge in [0.15, 0.2) is 0 Å². The molecule has 1 fully saturated rings. The second-order valence-corrected chi connectivity index (χ2v) is 5.36. The van der Waals surface area contributed by atoms with Crippen LogP contribution in [0.1, 0.15) is 24.4 Å². The number of urea groups is 1. The number of nitrogens with zero attached hydrogens (tertiary/aromatic N) is 4. The molecule has 1 unspecified atom stereocenters. The molecule has 0 aromatic carbocycles. The van der Waals surface area contributed by atoms with Crippen molar-refractivity contribution < 1.29 is 4.79 Å². The fraction of sp³-hybridized carbons (Fsp3) is 0.375. The smallest absolute Gasteiger partial charge is 0.317 e. The number of rotatable bonds is 5. The quantitative estimate of drug-likeness (QED) is 0.823. The molecule has 0 bridgehead atoms. The zero-order valence-electron chi connectivity index (χ0n) is 12.9. The van der Waals surface area contributed by atoms with E-state index in [9.17, 15) is 4.79 Å². The fourth-order valence-corrected chi connectivity index (χ4v) is 2.78. The van der Waals surface area contributed by atoms with Crippen molar-refractivity contribution in [1.82, 2.24) is 25.2 Å². The summed E-state index contributed by atoms with van der Waals surface area (Å²) in [5.41, 5.74) is 1.14. The monoisotopic (exact) mass is 312 g/mol. The lowest BCUT2D eigenvalue weighted by Crippen LogP contribution is -2.41. The summed E-state index contributed by atoms with van der Waals surface area (Å²) in [5, 5.41) is 6.02. The number of hydrogen-bond acceptors (Lipinski definition) is 5. The van der Waals surface area contributed by atoms with Crippen LogP contribution in [-0.2, 0) is 0 Å². The Hall–Kier alpha value is -2.70. The molecule has 0 aliphatic carbocycles. The van der Waals surface area contributed by atoms with Crippen LogP contribution < -0.4 is 10.6 Å². The van der Waals surface area contributed by atoms with Crippen LogP contribution in [0.3, 0.4) is 0 Å². The van der Waals surface area contributed by atoms with Gasteiger partial charge in [0.2, 0.25) is 5.95 Å². The highest BCUT2D eigenvalue weighted by molar-refractivity contribution is 5.75. The number of nitrogens with one attached hydrogen (secondary N) is 2. The molecule has 1 saturated heterocycles. The number of carbonyl (C=O) groups excluding carboxylic acids is 1. The van der Waals surface area contributed by atoms with Gasteiger partial charge in [-0.05, 0) is 36.6 Å². The maximum atomic E-state index is 12.4. The van der Waals surface area contributed by atoms with E-state index in [0.29, 0.717) is 19.0 Å². The van der Waals surface area contributed by atoms with Gasteiger partial charge in [0.1, 0.15) is 0 Å². The third-order valence-corrected chi connectivity index (χ3v) is 3.85. The van der Waals surface area contributed by atoms with Crippen molar-refractivity contribution in [3.8, 4) is 0 Å². The molecule has 0 spiro atoms. The first-order valence-corrected chi connectivity index (χ1v) is 7.80. The lowest BCUT2D eigenvalue weighted by Gasteiger charge is -2.25. The Morgan fingerprint density at radius 2 is 1.96 bits per heavy atom. The Balaban J connectivity index is 1.48. The van der Waals surface area contributed by atoms with Crippen LogP contribution in [0.4, 0.5) is 10.7 Å². The molecule has 7 nitrogen and oxygen atoms in total. The molecule has 2 amide bonds. The number of carbonyl (C=O) groups is 1. The molecular formula is C16H20N6O. The van der Waals surface area contributed by atoms with Crippen molar-refractivity contribution in [3.63, 3.8) is 0 Å². The van der Waals surface area contributed by atoms with Gasteiger partial charge in [0, 0.05) is 44.4 Å². The first-order chi connectivity index (χ1) is 11.3. The van der Waals surface area contributed by atoms with Crippen LogP contribution in [0.15, 0.2) is 43.0 Å². The normalized spacial score (nSPS) is 17.0. The molecule has 120 valence electrons. The molecule has 2 aromatic rings. The van der Waals surface area contributed by atoms with E-state index in [4.69, 9.17) is 0 Å². The predicted octanol–water partition coefficient (Wildman–Crippen LogP) is 1.83. The van der Waals surface area contributed by atoms with Crippen LogP contribution >= 0.6 is 0 Å². The van der Waals surface area contributed by atoms with Crippen molar-refractivity contribution in [1.29, 1.82) is 0 Å². The molecule has 2 N–H and O–H groups in total. The number of likely N-dealkylation sites (tertiary alicyclic amines) is 1. The number of amides is 2. The molecule has 1 atom stereocenters. The fourth-order valence-electron chi connectivity index (χ4n) is 2.78. The second-order valence-electron chi connectivity index (χ2n) is 5.36. The maximum Gasteiger partial charge on any atom is 0.317 e. The molecule has 2 aromatic heterocycles. The van der Waals surface area contributed by atoms with Crippen molar-refractivity contribution in [2.24, 2.45) is 0 Å². The number of aromatic nitrogens is 3. The van der Waals surface area contributed by atoms with E-state index in [0.717, 1.165) is 24.9 Å². The highest BCUT2D eigenvalue weighted by Gasteiger charge is 2.29.